The molecule has 5 atom stereocenters. The molecule has 0 aromatic heterocycles. The van der Waals surface area contributed by atoms with Gasteiger partial charge in [-0.3, -0.25) is 9.00 Å². The highest BCUT2D eigenvalue weighted by molar-refractivity contribution is 7.84. The number of carbonyl (C=O) groups is 1. The highest BCUT2D eigenvalue weighted by Gasteiger charge is 2.42. The van der Waals surface area contributed by atoms with Crippen LogP contribution in [0.2, 0.25) is 0 Å². The molecule has 4 nitrogen and oxygen atoms in total. The third-order valence-corrected chi connectivity index (χ3v) is 5.81. The van der Waals surface area contributed by atoms with Gasteiger partial charge >= 0.3 is 0 Å². The molecule has 0 bridgehead atoms. The Morgan fingerprint density at radius 1 is 1.50 bits per heavy atom. The summed E-state index contributed by atoms with van der Waals surface area (Å²) in [5, 5.41) is 6.49. The number of rotatable bonds is 5. The second kappa shape index (κ2) is 6.15. The molecule has 5 unspecified atom stereocenters. The molecule has 1 aliphatic carbocycles. The lowest BCUT2D eigenvalue weighted by molar-refractivity contribution is -0.123. The van der Waals surface area contributed by atoms with E-state index in [-0.39, 0.29) is 17.2 Å². The molecule has 1 heterocycles. The van der Waals surface area contributed by atoms with Gasteiger partial charge in [-0.15, -0.1) is 0 Å². The Kier molecular flexibility index (Phi) is 4.78. The second-order valence-corrected chi connectivity index (χ2v) is 7.43. The summed E-state index contributed by atoms with van der Waals surface area (Å²) in [5.41, 5.74) is 0. The first kappa shape index (κ1) is 14.0. The molecule has 0 radical (unpaired) electrons. The molecule has 1 amide bonds. The second-order valence-electron chi connectivity index (χ2n) is 5.63. The van der Waals surface area contributed by atoms with Crippen LogP contribution < -0.4 is 10.6 Å². The summed E-state index contributed by atoms with van der Waals surface area (Å²) < 4.78 is 11.2. The minimum absolute atomic E-state index is 0.0138. The van der Waals surface area contributed by atoms with Crippen molar-refractivity contribution < 1.29 is 9.00 Å². The molecule has 1 saturated carbocycles. The summed E-state index contributed by atoms with van der Waals surface area (Å²) >= 11 is 0. The Balaban J connectivity index is 1.73. The summed E-state index contributed by atoms with van der Waals surface area (Å²) in [6, 6.07) is 0.0138. The van der Waals surface area contributed by atoms with Gasteiger partial charge in [0.1, 0.15) is 0 Å². The fourth-order valence-electron chi connectivity index (χ4n) is 3.15. The SMILES string of the molecule is CC(CCNC(=O)C1NCC2CCCC21)S(C)=O. The van der Waals surface area contributed by atoms with Crippen LogP contribution in [0.4, 0.5) is 0 Å². The first-order valence-electron chi connectivity index (χ1n) is 6.93. The third-order valence-electron chi connectivity index (χ3n) is 4.45. The van der Waals surface area contributed by atoms with Crippen molar-refractivity contribution in [2.75, 3.05) is 19.3 Å². The molecule has 18 heavy (non-hydrogen) atoms. The van der Waals surface area contributed by atoms with E-state index in [0.29, 0.717) is 18.4 Å². The highest BCUT2D eigenvalue weighted by Crippen LogP contribution is 2.37. The van der Waals surface area contributed by atoms with Crippen LogP contribution in [-0.2, 0) is 15.6 Å². The van der Waals surface area contributed by atoms with E-state index in [0.717, 1.165) is 13.0 Å². The van der Waals surface area contributed by atoms with E-state index >= 15 is 0 Å². The fraction of sp³-hybridized carbons (Fsp3) is 0.923. The van der Waals surface area contributed by atoms with Crippen LogP contribution in [0, 0.1) is 11.8 Å². The molecular weight excluding hydrogens is 248 g/mol. The van der Waals surface area contributed by atoms with Crippen LogP contribution in [0.15, 0.2) is 0 Å². The van der Waals surface area contributed by atoms with Crippen molar-refractivity contribution in [1.82, 2.24) is 10.6 Å². The van der Waals surface area contributed by atoms with E-state index in [9.17, 15) is 9.00 Å². The van der Waals surface area contributed by atoms with Gasteiger partial charge in [0.05, 0.1) is 6.04 Å². The van der Waals surface area contributed by atoms with Crippen molar-refractivity contribution in [2.45, 2.75) is 43.9 Å². The minimum atomic E-state index is -0.798. The summed E-state index contributed by atoms with van der Waals surface area (Å²) in [6.07, 6.45) is 6.23. The first-order chi connectivity index (χ1) is 8.59. The van der Waals surface area contributed by atoms with Crippen LogP contribution in [-0.4, -0.2) is 40.8 Å². The number of hydrogen-bond acceptors (Lipinski definition) is 3. The Morgan fingerprint density at radius 2 is 2.28 bits per heavy atom. The lowest BCUT2D eigenvalue weighted by Crippen LogP contribution is -2.44. The molecule has 0 aromatic rings. The van der Waals surface area contributed by atoms with Gasteiger partial charge in [0.25, 0.3) is 0 Å². The van der Waals surface area contributed by atoms with Crippen LogP contribution >= 0.6 is 0 Å². The standard InChI is InChI=1S/C13H24N2O2S/c1-9(18(2)17)6-7-14-13(16)12-11-5-3-4-10(11)8-15-12/h9-12,15H,3-8H2,1-2H3,(H,14,16). The monoisotopic (exact) mass is 272 g/mol. The molecule has 104 valence electrons. The number of amides is 1. The Bertz CT molecular complexity index is 335. The van der Waals surface area contributed by atoms with Crippen molar-refractivity contribution in [3.63, 3.8) is 0 Å². The van der Waals surface area contributed by atoms with Gasteiger partial charge in [-0.1, -0.05) is 13.3 Å². The lowest BCUT2D eigenvalue weighted by atomic mass is 9.93. The predicted octanol–water partition coefficient (Wildman–Crippen LogP) is 0.648. The van der Waals surface area contributed by atoms with Crippen molar-refractivity contribution in [3.8, 4) is 0 Å². The number of nitrogens with one attached hydrogen (secondary N) is 2. The normalized spacial score (nSPS) is 34.0. The zero-order chi connectivity index (χ0) is 13.1. The minimum Gasteiger partial charge on any atom is -0.355 e. The average Bonchev–Trinajstić information content (AvgIpc) is 2.89. The van der Waals surface area contributed by atoms with Crippen LogP contribution in [0.5, 0.6) is 0 Å². The van der Waals surface area contributed by atoms with Gasteiger partial charge < -0.3 is 10.6 Å². The smallest absolute Gasteiger partial charge is 0.237 e. The summed E-state index contributed by atoms with van der Waals surface area (Å²) in [4.78, 5) is 12.1. The average molecular weight is 272 g/mol. The molecule has 2 aliphatic rings. The zero-order valence-corrected chi connectivity index (χ0v) is 12.1. The molecule has 0 aromatic carbocycles. The van der Waals surface area contributed by atoms with Crippen molar-refractivity contribution in [2.24, 2.45) is 11.8 Å². The van der Waals surface area contributed by atoms with E-state index in [2.05, 4.69) is 10.6 Å². The van der Waals surface area contributed by atoms with E-state index in [4.69, 9.17) is 0 Å². The van der Waals surface area contributed by atoms with Crippen LogP contribution in [0.3, 0.4) is 0 Å². The van der Waals surface area contributed by atoms with Crippen molar-refractivity contribution in [1.29, 1.82) is 0 Å². The topological polar surface area (TPSA) is 58.2 Å². The van der Waals surface area contributed by atoms with Gasteiger partial charge in [0.2, 0.25) is 5.91 Å². The Hall–Kier alpha value is -0.420. The lowest BCUT2D eigenvalue weighted by Gasteiger charge is -2.18. The summed E-state index contributed by atoms with van der Waals surface area (Å²) in [5.74, 6) is 1.39. The number of hydrogen-bond donors (Lipinski definition) is 2. The van der Waals surface area contributed by atoms with Gasteiger partial charge in [0, 0.05) is 28.9 Å². The molecule has 2 N–H and O–H groups in total. The van der Waals surface area contributed by atoms with Gasteiger partial charge in [-0.05, 0) is 37.6 Å². The van der Waals surface area contributed by atoms with E-state index in [1.54, 1.807) is 6.26 Å². The van der Waals surface area contributed by atoms with Crippen LogP contribution in [0.1, 0.15) is 32.6 Å². The molecule has 5 heteroatoms. The molecule has 0 spiro atoms. The summed E-state index contributed by atoms with van der Waals surface area (Å²) in [7, 11) is -0.798. The first-order valence-corrected chi connectivity index (χ1v) is 8.55. The fourth-order valence-corrected chi connectivity index (χ4v) is 3.60. The predicted molar refractivity (Wildman–Crippen MR) is 73.8 cm³/mol. The molecular formula is C13H24N2O2S. The van der Waals surface area contributed by atoms with Crippen LogP contribution in [0.25, 0.3) is 0 Å². The zero-order valence-electron chi connectivity index (χ0n) is 11.3. The molecule has 1 aliphatic heterocycles. The van der Waals surface area contributed by atoms with Crippen molar-refractivity contribution in [3.05, 3.63) is 0 Å². The quantitative estimate of drug-likeness (QED) is 0.772. The van der Waals surface area contributed by atoms with E-state index < -0.39 is 10.8 Å². The third kappa shape index (κ3) is 3.12. The van der Waals surface area contributed by atoms with Gasteiger partial charge in [0.15, 0.2) is 0 Å². The Morgan fingerprint density at radius 3 is 3.00 bits per heavy atom. The van der Waals surface area contributed by atoms with E-state index in [1.807, 2.05) is 6.92 Å². The largest absolute Gasteiger partial charge is 0.355 e. The van der Waals surface area contributed by atoms with Crippen molar-refractivity contribution >= 4 is 16.7 Å². The maximum absolute atomic E-state index is 12.1. The molecule has 2 fully saturated rings. The van der Waals surface area contributed by atoms with Gasteiger partial charge in [-0.2, -0.15) is 0 Å². The maximum atomic E-state index is 12.1. The molecule has 1 saturated heterocycles. The van der Waals surface area contributed by atoms with E-state index in [1.165, 1.54) is 19.3 Å². The van der Waals surface area contributed by atoms with Gasteiger partial charge in [-0.25, -0.2) is 0 Å². The maximum Gasteiger partial charge on any atom is 0.237 e. The highest BCUT2D eigenvalue weighted by atomic mass is 32.2. The summed E-state index contributed by atoms with van der Waals surface area (Å²) in [6.45, 7) is 3.59. The number of carbonyl (C=O) groups excluding carboxylic acids is 1. The molecule has 2 rings (SSSR count). The number of fused-ring (bicyclic) bond motifs is 1. The Labute approximate surface area is 112 Å².